The molecule has 1 nitrogen and oxygen atoms in total. The summed E-state index contributed by atoms with van der Waals surface area (Å²) >= 11 is 0. The summed E-state index contributed by atoms with van der Waals surface area (Å²) in [6.45, 7) is 0. The van der Waals surface area contributed by atoms with E-state index in [-0.39, 0.29) is 0 Å². The highest BCUT2D eigenvalue weighted by Gasteiger charge is 1.90. The largest absolute Gasteiger partial charge is 0.304 e. The molecule has 0 saturated carbocycles. The second-order valence-electron chi connectivity index (χ2n) is 2.19. The van der Waals surface area contributed by atoms with Crippen molar-refractivity contribution in [3.05, 3.63) is 30.3 Å². The topological polar surface area (TPSA) is 17.1 Å². The van der Waals surface area contributed by atoms with Crippen LogP contribution in [0, 0.1) is 0 Å². The molecule has 10 heavy (non-hydrogen) atoms. The summed E-state index contributed by atoms with van der Waals surface area (Å²) in [6.07, 6.45) is 1.58. The molecule has 50 valence electrons. The predicted octanol–water partition coefficient (Wildman–Crippen LogP) is 0.366. The highest BCUT2D eigenvalue weighted by molar-refractivity contribution is 6.55. The zero-order chi connectivity index (χ0) is 7.23. The van der Waals surface area contributed by atoms with Crippen LogP contribution in [0.4, 0.5) is 0 Å². The van der Waals surface area contributed by atoms with Gasteiger partial charge in [-0.05, 0) is 6.32 Å². The van der Waals surface area contributed by atoms with Gasteiger partial charge in [-0.15, -0.1) is 0 Å². The Balaban J connectivity index is 2.50. The van der Waals surface area contributed by atoms with Crippen molar-refractivity contribution >= 4 is 19.0 Å². The van der Waals surface area contributed by atoms with Crippen LogP contribution in [0.25, 0.3) is 0 Å². The van der Waals surface area contributed by atoms with E-state index >= 15 is 0 Å². The van der Waals surface area contributed by atoms with E-state index in [1.807, 2.05) is 30.3 Å². The van der Waals surface area contributed by atoms with Crippen molar-refractivity contribution in [1.29, 1.82) is 0 Å². The molecule has 0 aliphatic rings. The van der Waals surface area contributed by atoms with Gasteiger partial charge in [-0.1, -0.05) is 35.8 Å². The molecule has 1 aromatic rings. The molecule has 0 fully saturated rings. The number of benzene rings is 1. The molecule has 0 aromatic heterocycles. The first kappa shape index (κ1) is 7.07. The van der Waals surface area contributed by atoms with Gasteiger partial charge < -0.3 is 4.79 Å². The maximum atomic E-state index is 9.98. The Labute approximate surface area is 61.3 Å². The van der Waals surface area contributed by atoms with E-state index in [1.54, 1.807) is 0 Å². The van der Waals surface area contributed by atoms with Crippen LogP contribution in [0.3, 0.4) is 0 Å². The molecule has 0 radical (unpaired) electrons. The lowest BCUT2D eigenvalue weighted by Gasteiger charge is -1.91. The molecule has 0 unspecified atom stereocenters. The number of aldehydes is 1. The van der Waals surface area contributed by atoms with E-state index in [0.29, 0.717) is 6.32 Å². The zero-order valence-corrected chi connectivity index (χ0v) is 5.79. The SMILES string of the molecule is O=CCBc1ccccc1. The normalized spacial score (nSPS) is 8.80. The lowest BCUT2D eigenvalue weighted by molar-refractivity contribution is -0.106. The Kier molecular flexibility index (Phi) is 2.74. The first-order valence-electron chi connectivity index (χ1n) is 3.41. The summed E-state index contributed by atoms with van der Waals surface area (Å²) in [5, 5.41) is 0. The number of carbonyl (C=O) groups is 1. The van der Waals surface area contributed by atoms with Crippen molar-refractivity contribution in [3.63, 3.8) is 0 Å². The monoisotopic (exact) mass is 132 g/mol. The molecule has 0 atom stereocenters. The maximum absolute atomic E-state index is 9.98. The van der Waals surface area contributed by atoms with E-state index in [0.717, 1.165) is 13.6 Å². The molecular weight excluding hydrogens is 123 g/mol. The molecule has 0 aliphatic carbocycles. The Hall–Kier alpha value is -1.05. The Morgan fingerprint density at radius 2 is 2.00 bits per heavy atom. The average Bonchev–Trinajstić information content (AvgIpc) is 2.03. The number of carbonyl (C=O) groups excluding carboxylic acids is 1. The molecule has 2 heteroatoms. The van der Waals surface area contributed by atoms with Gasteiger partial charge >= 0.3 is 0 Å². The standard InChI is InChI=1S/C8H9BO/c10-7-6-9-8-4-2-1-3-5-8/h1-5,7,9H,6H2. The van der Waals surface area contributed by atoms with Gasteiger partial charge in [-0.3, -0.25) is 0 Å². The van der Waals surface area contributed by atoms with Crippen molar-refractivity contribution in [3.8, 4) is 0 Å². The molecule has 0 heterocycles. The van der Waals surface area contributed by atoms with Crippen LogP contribution < -0.4 is 5.46 Å². The van der Waals surface area contributed by atoms with Crippen molar-refractivity contribution in [1.82, 2.24) is 0 Å². The van der Waals surface area contributed by atoms with Crippen molar-refractivity contribution in [2.24, 2.45) is 0 Å². The number of rotatable bonds is 3. The Bertz CT molecular complexity index is 196. The summed E-state index contributed by atoms with van der Waals surface area (Å²) < 4.78 is 0. The van der Waals surface area contributed by atoms with Crippen molar-refractivity contribution in [2.45, 2.75) is 6.32 Å². The number of hydrogen-bond donors (Lipinski definition) is 0. The van der Waals surface area contributed by atoms with Gasteiger partial charge in [0.05, 0.1) is 0 Å². The average molecular weight is 132 g/mol. The molecule has 1 rings (SSSR count). The third kappa shape index (κ3) is 2.06. The van der Waals surface area contributed by atoms with Gasteiger partial charge in [-0.25, -0.2) is 0 Å². The molecule has 0 aliphatic heterocycles. The van der Waals surface area contributed by atoms with E-state index in [2.05, 4.69) is 0 Å². The van der Waals surface area contributed by atoms with Crippen molar-refractivity contribution < 1.29 is 4.79 Å². The van der Waals surface area contributed by atoms with Crippen LogP contribution in [-0.4, -0.2) is 13.6 Å². The maximum Gasteiger partial charge on any atom is 0.165 e. The van der Waals surface area contributed by atoms with Gasteiger partial charge in [0.25, 0.3) is 0 Å². The highest BCUT2D eigenvalue weighted by atomic mass is 16.1. The minimum atomic E-state index is 0.629. The smallest absolute Gasteiger partial charge is 0.165 e. The zero-order valence-electron chi connectivity index (χ0n) is 5.79. The van der Waals surface area contributed by atoms with E-state index in [1.165, 1.54) is 5.46 Å². The van der Waals surface area contributed by atoms with Crippen LogP contribution in [0.1, 0.15) is 0 Å². The fourth-order valence-corrected chi connectivity index (χ4v) is 0.870. The van der Waals surface area contributed by atoms with Crippen LogP contribution in [0.5, 0.6) is 0 Å². The van der Waals surface area contributed by atoms with E-state index < -0.39 is 0 Å². The predicted molar refractivity (Wildman–Crippen MR) is 44.1 cm³/mol. The second-order valence-corrected chi connectivity index (χ2v) is 2.19. The number of hydrogen-bond acceptors (Lipinski definition) is 1. The molecular formula is C8H9BO. The van der Waals surface area contributed by atoms with Crippen molar-refractivity contribution in [2.75, 3.05) is 0 Å². The summed E-state index contributed by atoms with van der Waals surface area (Å²) in [4.78, 5) is 9.98. The van der Waals surface area contributed by atoms with E-state index in [9.17, 15) is 4.79 Å². The van der Waals surface area contributed by atoms with Gasteiger partial charge in [0, 0.05) is 0 Å². The first-order valence-corrected chi connectivity index (χ1v) is 3.41. The molecule has 1 aromatic carbocycles. The third-order valence-electron chi connectivity index (χ3n) is 1.39. The van der Waals surface area contributed by atoms with Gasteiger partial charge in [0.1, 0.15) is 6.29 Å². The molecule has 0 bridgehead atoms. The summed E-state index contributed by atoms with van der Waals surface area (Å²) in [5.41, 5.74) is 1.23. The lowest BCUT2D eigenvalue weighted by atomic mass is 9.68. The second kappa shape index (κ2) is 3.88. The minimum Gasteiger partial charge on any atom is -0.304 e. The third-order valence-corrected chi connectivity index (χ3v) is 1.39. The minimum absolute atomic E-state index is 0.629. The first-order chi connectivity index (χ1) is 4.93. The fourth-order valence-electron chi connectivity index (χ4n) is 0.870. The summed E-state index contributed by atoms with van der Waals surface area (Å²) in [6, 6.07) is 10.0. The molecule has 0 N–H and O–H groups in total. The lowest BCUT2D eigenvalue weighted by Crippen LogP contribution is -2.12. The Morgan fingerprint density at radius 3 is 2.60 bits per heavy atom. The van der Waals surface area contributed by atoms with Crippen LogP contribution in [-0.2, 0) is 4.79 Å². The highest BCUT2D eigenvalue weighted by Crippen LogP contribution is 1.82. The fraction of sp³-hybridized carbons (Fsp3) is 0.125. The molecule has 0 spiro atoms. The summed E-state index contributed by atoms with van der Waals surface area (Å²) in [7, 11) is 0.865. The molecule has 0 saturated heterocycles. The van der Waals surface area contributed by atoms with E-state index in [4.69, 9.17) is 0 Å². The van der Waals surface area contributed by atoms with Crippen LogP contribution >= 0.6 is 0 Å². The van der Waals surface area contributed by atoms with Crippen LogP contribution in [0.2, 0.25) is 6.32 Å². The van der Waals surface area contributed by atoms with Gasteiger partial charge in [0.2, 0.25) is 0 Å². The summed E-state index contributed by atoms with van der Waals surface area (Å²) in [5.74, 6) is 0. The quantitative estimate of drug-likeness (QED) is 0.428. The van der Waals surface area contributed by atoms with Gasteiger partial charge in [-0.2, -0.15) is 0 Å². The Morgan fingerprint density at radius 1 is 1.30 bits per heavy atom. The van der Waals surface area contributed by atoms with Gasteiger partial charge in [0.15, 0.2) is 7.28 Å². The molecule has 0 amide bonds. The van der Waals surface area contributed by atoms with Crippen LogP contribution in [0.15, 0.2) is 30.3 Å².